The van der Waals surface area contributed by atoms with Crippen LogP contribution in [0.5, 0.6) is 0 Å². The summed E-state index contributed by atoms with van der Waals surface area (Å²) in [4.78, 5) is 18.0. The van der Waals surface area contributed by atoms with Crippen LogP contribution >= 0.6 is 0 Å². The molecule has 2 N–H and O–H groups in total. The molecule has 1 aliphatic rings. The summed E-state index contributed by atoms with van der Waals surface area (Å²) in [5.41, 5.74) is 4.37. The molecule has 0 radical (unpaired) electrons. The van der Waals surface area contributed by atoms with Crippen LogP contribution in [-0.2, 0) is 21.0 Å². The highest BCUT2D eigenvalue weighted by Crippen LogP contribution is 2.46. The molecule has 1 heterocycles. The third-order valence-corrected chi connectivity index (χ3v) is 7.72. The zero-order valence-electron chi connectivity index (χ0n) is 19.7. The molecule has 0 fully saturated rings. The molecule has 8 nitrogen and oxygen atoms in total. The first-order chi connectivity index (χ1) is 14.7. The van der Waals surface area contributed by atoms with Crippen molar-refractivity contribution < 1.29 is 18.3 Å². The molecule has 1 aromatic heterocycles. The van der Waals surface area contributed by atoms with Gasteiger partial charge < -0.3 is 5.11 Å². The molecule has 0 saturated heterocycles. The maximum absolute atomic E-state index is 12.3. The Morgan fingerprint density at radius 3 is 2.31 bits per heavy atom. The van der Waals surface area contributed by atoms with Crippen LogP contribution in [-0.4, -0.2) is 47.6 Å². The Morgan fingerprint density at radius 2 is 1.75 bits per heavy atom. The molecule has 1 aromatic carbocycles. The third-order valence-electron chi connectivity index (χ3n) is 6.35. The zero-order valence-corrected chi connectivity index (χ0v) is 20.5. The lowest BCUT2D eigenvalue weighted by Crippen LogP contribution is -2.36. The summed E-state index contributed by atoms with van der Waals surface area (Å²) in [6.07, 6.45) is 5.05. The number of nitrogens with one attached hydrogen (secondary N) is 1. The predicted octanol–water partition coefficient (Wildman–Crippen LogP) is 3.84. The Kier molecular flexibility index (Phi) is 6.03. The predicted molar refractivity (Wildman–Crippen MR) is 126 cm³/mol. The quantitative estimate of drug-likeness (QED) is 0.681. The molecule has 0 unspecified atom stereocenters. The summed E-state index contributed by atoms with van der Waals surface area (Å²) in [6, 6.07) is 6.42. The second kappa shape index (κ2) is 8.04. The SMILES string of the molecule is C/C(=C\c1ncc(C(=O)O)n1NS(=O)(=O)N(C)C)c1ccc2c(c1)C(C)(C)CCC2(C)C. The van der Waals surface area contributed by atoms with E-state index in [1.54, 1.807) is 6.08 Å². The first kappa shape index (κ1) is 24.0. The fraction of sp³-hybridized carbons (Fsp3) is 0.478. The fourth-order valence-corrected chi connectivity index (χ4v) is 4.61. The number of fused-ring (bicyclic) bond motifs is 1. The van der Waals surface area contributed by atoms with Crippen molar-refractivity contribution in [3.63, 3.8) is 0 Å². The highest BCUT2D eigenvalue weighted by atomic mass is 32.2. The second-order valence-corrected chi connectivity index (χ2v) is 11.7. The number of nitrogens with zero attached hydrogens (tertiary/aromatic N) is 3. The molecule has 0 bridgehead atoms. The van der Waals surface area contributed by atoms with Crippen LogP contribution in [0.4, 0.5) is 0 Å². The molecule has 32 heavy (non-hydrogen) atoms. The van der Waals surface area contributed by atoms with Gasteiger partial charge in [0.2, 0.25) is 0 Å². The molecule has 0 atom stereocenters. The summed E-state index contributed by atoms with van der Waals surface area (Å²) in [6.45, 7) is 11.0. The van der Waals surface area contributed by atoms with E-state index in [0.717, 1.165) is 39.2 Å². The average Bonchev–Trinajstić information content (AvgIpc) is 3.07. The van der Waals surface area contributed by atoms with Crippen LogP contribution < -0.4 is 4.83 Å². The standard InChI is InChI=1S/C23H32N4O4S/c1-15(16-8-9-17-18(13-16)23(4,5)11-10-22(17,2)3)12-20-24-14-19(21(28)29)27(20)25-32(30,31)26(6)7/h8-9,12-14,25H,10-11H2,1-7H3,(H,28,29)/b15-12+. The van der Waals surface area contributed by atoms with E-state index in [4.69, 9.17) is 0 Å². The number of imidazole rings is 1. The Balaban J connectivity index is 2.08. The van der Waals surface area contributed by atoms with E-state index in [2.05, 4.69) is 55.7 Å². The van der Waals surface area contributed by atoms with Crippen molar-refractivity contribution in [1.82, 2.24) is 14.0 Å². The average molecular weight is 461 g/mol. The lowest BCUT2D eigenvalue weighted by Gasteiger charge is -2.42. The van der Waals surface area contributed by atoms with Gasteiger partial charge in [-0.2, -0.15) is 12.7 Å². The van der Waals surface area contributed by atoms with Crippen LogP contribution in [0.15, 0.2) is 24.4 Å². The summed E-state index contributed by atoms with van der Waals surface area (Å²) in [5.74, 6) is -1.10. The van der Waals surface area contributed by atoms with Gasteiger partial charge in [-0.1, -0.05) is 45.9 Å². The number of allylic oxidation sites excluding steroid dienone is 1. The van der Waals surface area contributed by atoms with E-state index in [0.29, 0.717) is 0 Å². The van der Waals surface area contributed by atoms with Crippen LogP contribution in [0.1, 0.15) is 80.5 Å². The minimum absolute atomic E-state index is 0.0530. The number of aromatic nitrogens is 2. The summed E-state index contributed by atoms with van der Waals surface area (Å²) in [5, 5.41) is 9.47. The fourth-order valence-electron chi connectivity index (χ4n) is 4.02. The van der Waals surface area contributed by atoms with Gasteiger partial charge in [0.05, 0.1) is 6.20 Å². The molecule has 0 aliphatic heterocycles. The summed E-state index contributed by atoms with van der Waals surface area (Å²) in [7, 11) is -1.21. The van der Waals surface area contributed by atoms with Crippen LogP contribution in [0, 0.1) is 0 Å². The van der Waals surface area contributed by atoms with Gasteiger partial charge in [-0.25, -0.2) is 19.3 Å². The lowest BCUT2D eigenvalue weighted by atomic mass is 9.63. The molecular formula is C23H32N4O4S. The molecule has 0 amide bonds. The number of hydrogen-bond donors (Lipinski definition) is 2. The first-order valence-corrected chi connectivity index (χ1v) is 11.9. The third kappa shape index (κ3) is 4.45. The van der Waals surface area contributed by atoms with Crippen molar-refractivity contribution in [2.75, 3.05) is 18.9 Å². The maximum atomic E-state index is 12.3. The molecule has 1 aliphatic carbocycles. The van der Waals surface area contributed by atoms with Crippen molar-refractivity contribution >= 4 is 27.8 Å². The minimum atomic E-state index is -3.93. The van der Waals surface area contributed by atoms with Gasteiger partial charge in [-0.3, -0.25) is 0 Å². The van der Waals surface area contributed by atoms with Gasteiger partial charge in [0.15, 0.2) is 11.5 Å². The van der Waals surface area contributed by atoms with Crippen molar-refractivity contribution in [3.05, 3.63) is 52.6 Å². The van der Waals surface area contributed by atoms with Gasteiger partial charge in [0.25, 0.3) is 0 Å². The Bertz CT molecular complexity index is 1190. The zero-order chi connectivity index (χ0) is 24.1. The molecule has 9 heteroatoms. The number of carboxylic acids is 1. The smallest absolute Gasteiger partial charge is 0.356 e. The number of carbonyl (C=O) groups is 1. The number of benzene rings is 1. The van der Waals surface area contributed by atoms with E-state index in [1.165, 1.54) is 25.2 Å². The van der Waals surface area contributed by atoms with Gasteiger partial charge in [0.1, 0.15) is 0 Å². The van der Waals surface area contributed by atoms with Crippen molar-refractivity contribution in [3.8, 4) is 0 Å². The van der Waals surface area contributed by atoms with Gasteiger partial charge in [-0.15, -0.1) is 0 Å². The summed E-state index contributed by atoms with van der Waals surface area (Å²) < 4.78 is 26.6. The number of rotatable bonds is 6. The molecule has 0 saturated carbocycles. The number of aromatic carboxylic acids is 1. The van der Waals surface area contributed by atoms with Crippen LogP contribution in [0.3, 0.4) is 0 Å². The van der Waals surface area contributed by atoms with Crippen LogP contribution in [0.2, 0.25) is 0 Å². The van der Waals surface area contributed by atoms with Gasteiger partial charge >= 0.3 is 16.2 Å². The lowest BCUT2D eigenvalue weighted by molar-refractivity contribution is 0.0687. The maximum Gasteiger partial charge on any atom is 0.356 e. The first-order valence-electron chi connectivity index (χ1n) is 10.5. The molecule has 174 valence electrons. The topological polar surface area (TPSA) is 105 Å². The monoisotopic (exact) mass is 460 g/mol. The highest BCUT2D eigenvalue weighted by molar-refractivity contribution is 7.90. The van der Waals surface area contributed by atoms with E-state index in [1.807, 2.05) is 6.92 Å². The highest BCUT2D eigenvalue weighted by Gasteiger charge is 2.37. The van der Waals surface area contributed by atoms with E-state index < -0.39 is 16.2 Å². The Morgan fingerprint density at radius 1 is 1.16 bits per heavy atom. The van der Waals surface area contributed by atoms with Crippen LogP contribution in [0.25, 0.3) is 11.6 Å². The van der Waals surface area contributed by atoms with E-state index >= 15 is 0 Å². The van der Waals surface area contributed by atoms with Gasteiger partial charge in [-0.05, 0) is 58.9 Å². The molecule has 0 spiro atoms. The van der Waals surface area contributed by atoms with Crippen molar-refractivity contribution in [1.29, 1.82) is 0 Å². The molecule has 3 rings (SSSR count). The Hall–Kier alpha value is -2.65. The minimum Gasteiger partial charge on any atom is -0.476 e. The van der Waals surface area contributed by atoms with Crippen molar-refractivity contribution in [2.24, 2.45) is 0 Å². The normalized spacial score (nSPS) is 17.8. The summed E-state index contributed by atoms with van der Waals surface area (Å²) >= 11 is 0. The van der Waals surface area contributed by atoms with Crippen molar-refractivity contribution in [2.45, 2.75) is 58.3 Å². The molecular weight excluding hydrogens is 428 g/mol. The van der Waals surface area contributed by atoms with Gasteiger partial charge in [0, 0.05) is 14.1 Å². The largest absolute Gasteiger partial charge is 0.476 e. The molecule has 2 aromatic rings. The van der Waals surface area contributed by atoms with E-state index in [-0.39, 0.29) is 22.3 Å². The van der Waals surface area contributed by atoms with E-state index in [9.17, 15) is 18.3 Å². The number of carboxylic acid groups (broad SMARTS) is 1. The Labute approximate surface area is 190 Å². The second-order valence-electron chi connectivity index (χ2n) is 9.88. The number of hydrogen-bond acceptors (Lipinski definition) is 4.